The van der Waals surface area contributed by atoms with Crippen molar-refractivity contribution in [3.05, 3.63) is 54.3 Å². The van der Waals surface area contributed by atoms with E-state index in [9.17, 15) is 22.4 Å². The van der Waals surface area contributed by atoms with E-state index in [1.807, 2.05) is 0 Å². The number of anilines is 1. The van der Waals surface area contributed by atoms with Gasteiger partial charge in [-0.2, -0.15) is 0 Å². The number of rotatable bonds is 5. The molecule has 2 aromatic carbocycles. The van der Waals surface area contributed by atoms with Crippen molar-refractivity contribution in [2.75, 3.05) is 12.4 Å². The number of benzene rings is 2. The molecule has 1 saturated heterocycles. The second-order valence-corrected chi connectivity index (χ2v) is 7.74. The Hall–Kier alpha value is -2.94. The van der Waals surface area contributed by atoms with Crippen LogP contribution in [0, 0.1) is 5.82 Å². The van der Waals surface area contributed by atoms with E-state index in [1.165, 1.54) is 7.11 Å². The molecule has 0 radical (unpaired) electrons. The number of ether oxygens (including phenoxy) is 1. The molecule has 2 aromatic rings. The molecule has 1 aliphatic rings. The molecular weight excluding hydrogens is 375 g/mol. The molecule has 1 atom stereocenters. The molecule has 1 N–H and O–H groups in total. The fraction of sp³-hybridized carbons (Fsp3) is 0.222. The van der Waals surface area contributed by atoms with Gasteiger partial charge in [0.25, 0.3) is 10.0 Å². The minimum Gasteiger partial charge on any atom is -0.497 e. The van der Waals surface area contributed by atoms with Crippen molar-refractivity contribution in [3.8, 4) is 5.75 Å². The minimum absolute atomic E-state index is 0.0645. The third-order valence-electron chi connectivity index (χ3n) is 4.17. The summed E-state index contributed by atoms with van der Waals surface area (Å²) in [7, 11) is -2.79. The zero-order valence-corrected chi connectivity index (χ0v) is 15.2. The van der Waals surface area contributed by atoms with E-state index in [-0.39, 0.29) is 17.7 Å². The number of hydrogen-bond acceptors (Lipinski definition) is 5. The number of halogens is 1. The number of nitrogens with one attached hydrogen (secondary N) is 1. The molecule has 1 aliphatic heterocycles. The van der Waals surface area contributed by atoms with Crippen molar-refractivity contribution in [1.29, 1.82) is 0 Å². The van der Waals surface area contributed by atoms with Crippen molar-refractivity contribution in [1.82, 2.24) is 4.31 Å². The van der Waals surface area contributed by atoms with Crippen LogP contribution in [0.15, 0.2) is 53.4 Å². The lowest BCUT2D eigenvalue weighted by Gasteiger charge is -2.23. The van der Waals surface area contributed by atoms with E-state index in [0.717, 1.165) is 24.3 Å². The molecule has 27 heavy (non-hydrogen) atoms. The van der Waals surface area contributed by atoms with Crippen molar-refractivity contribution < 1.29 is 27.1 Å². The standard InChI is InChI=1S/C18H17FN2O5S/c1-26-14-4-2-3-13(11-14)20-18(23)16-9-10-17(22)21(16)27(24,25)15-7-5-12(19)6-8-15/h2-8,11,16H,9-10H2,1H3,(H,20,23)/t16-/m1/s1. The number of nitrogens with zero attached hydrogens (tertiary/aromatic N) is 1. The van der Waals surface area contributed by atoms with Crippen LogP contribution in [0.1, 0.15) is 12.8 Å². The Bertz CT molecular complexity index is 976. The first-order valence-electron chi connectivity index (χ1n) is 8.10. The van der Waals surface area contributed by atoms with Crippen LogP contribution in [-0.2, 0) is 19.6 Å². The van der Waals surface area contributed by atoms with Gasteiger partial charge in [-0.15, -0.1) is 0 Å². The highest BCUT2D eigenvalue weighted by Gasteiger charge is 2.44. The van der Waals surface area contributed by atoms with Gasteiger partial charge in [0.15, 0.2) is 0 Å². The van der Waals surface area contributed by atoms with Crippen LogP contribution < -0.4 is 10.1 Å². The van der Waals surface area contributed by atoms with Gasteiger partial charge in [-0.05, 0) is 42.8 Å². The topological polar surface area (TPSA) is 92.8 Å². The summed E-state index contributed by atoms with van der Waals surface area (Å²) in [6.07, 6.45) is -0.00825. The molecular formula is C18H17FN2O5S. The van der Waals surface area contributed by atoms with Gasteiger partial charge in [-0.1, -0.05) is 6.07 Å². The second-order valence-electron chi connectivity index (χ2n) is 5.92. The molecule has 3 rings (SSSR count). The van der Waals surface area contributed by atoms with Crippen LogP contribution in [0.25, 0.3) is 0 Å². The zero-order chi connectivity index (χ0) is 19.6. The number of carbonyl (C=O) groups is 2. The van der Waals surface area contributed by atoms with E-state index in [0.29, 0.717) is 15.7 Å². The fourth-order valence-corrected chi connectivity index (χ4v) is 4.45. The number of carbonyl (C=O) groups excluding carboxylic acids is 2. The summed E-state index contributed by atoms with van der Waals surface area (Å²) in [4.78, 5) is 24.6. The minimum atomic E-state index is -4.27. The maximum Gasteiger partial charge on any atom is 0.267 e. The monoisotopic (exact) mass is 392 g/mol. The van der Waals surface area contributed by atoms with Gasteiger partial charge < -0.3 is 10.1 Å². The Morgan fingerprint density at radius 2 is 1.93 bits per heavy atom. The SMILES string of the molecule is COc1cccc(NC(=O)[C@H]2CCC(=O)N2S(=O)(=O)c2ccc(F)cc2)c1. The van der Waals surface area contributed by atoms with E-state index in [4.69, 9.17) is 4.74 Å². The lowest BCUT2D eigenvalue weighted by Crippen LogP contribution is -2.45. The maximum atomic E-state index is 13.1. The molecule has 9 heteroatoms. The third-order valence-corrected chi connectivity index (χ3v) is 6.01. The summed E-state index contributed by atoms with van der Waals surface area (Å²) in [6, 6.07) is 9.47. The van der Waals surface area contributed by atoms with Crippen LogP contribution in [0.2, 0.25) is 0 Å². The lowest BCUT2D eigenvalue weighted by atomic mass is 10.2. The van der Waals surface area contributed by atoms with Crippen LogP contribution >= 0.6 is 0 Å². The van der Waals surface area contributed by atoms with Crippen molar-refractivity contribution >= 4 is 27.5 Å². The van der Waals surface area contributed by atoms with E-state index in [2.05, 4.69) is 5.32 Å². The first-order chi connectivity index (χ1) is 12.8. The molecule has 7 nitrogen and oxygen atoms in total. The summed E-state index contributed by atoms with van der Waals surface area (Å²) in [5, 5.41) is 2.60. The second kappa shape index (κ2) is 7.36. The smallest absolute Gasteiger partial charge is 0.267 e. The van der Waals surface area contributed by atoms with Crippen molar-refractivity contribution in [3.63, 3.8) is 0 Å². The lowest BCUT2D eigenvalue weighted by molar-refractivity contribution is -0.128. The molecule has 2 amide bonds. The average Bonchev–Trinajstić information content (AvgIpc) is 3.05. The Labute approximate surface area is 155 Å². The number of hydrogen-bond donors (Lipinski definition) is 1. The Morgan fingerprint density at radius 1 is 1.22 bits per heavy atom. The zero-order valence-electron chi connectivity index (χ0n) is 14.4. The quantitative estimate of drug-likeness (QED) is 0.842. The van der Waals surface area contributed by atoms with E-state index < -0.39 is 33.7 Å². The summed E-state index contributed by atoms with van der Waals surface area (Å²) in [6.45, 7) is 0. The van der Waals surface area contributed by atoms with Crippen LogP contribution in [0.3, 0.4) is 0 Å². The molecule has 0 aliphatic carbocycles. The van der Waals surface area contributed by atoms with Crippen LogP contribution in [0.5, 0.6) is 5.75 Å². The molecule has 1 heterocycles. The average molecular weight is 392 g/mol. The molecule has 0 spiro atoms. The van der Waals surface area contributed by atoms with Gasteiger partial charge in [-0.3, -0.25) is 9.59 Å². The molecule has 142 valence electrons. The Balaban J connectivity index is 1.87. The van der Waals surface area contributed by atoms with Gasteiger partial charge in [-0.25, -0.2) is 17.1 Å². The van der Waals surface area contributed by atoms with Crippen LogP contribution in [0.4, 0.5) is 10.1 Å². The number of sulfonamides is 1. The highest BCUT2D eigenvalue weighted by molar-refractivity contribution is 7.89. The van der Waals surface area contributed by atoms with Gasteiger partial charge in [0.2, 0.25) is 11.8 Å². The summed E-state index contributed by atoms with van der Waals surface area (Å²) in [5.74, 6) is -1.38. The first-order valence-corrected chi connectivity index (χ1v) is 9.54. The van der Waals surface area contributed by atoms with Crippen molar-refractivity contribution in [2.45, 2.75) is 23.8 Å². The summed E-state index contributed by atoms with van der Waals surface area (Å²) < 4.78 is 44.4. The predicted molar refractivity (Wildman–Crippen MR) is 95.1 cm³/mol. The molecule has 0 bridgehead atoms. The summed E-state index contributed by atoms with van der Waals surface area (Å²) in [5.41, 5.74) is 0.415. The predicted octanol–water partition coefficient (Wildman–Crippen LogP) is 2.15. The Morgan fingerprint density at radius 3 is 2.59 bits per heavy atom. The van der Waals surface area contributed by atoms with Gasteiger partial charge in [0, 0.05) is 18.2 Å². The van der Waals surface area contributed by atoms with Crippen molar-refractivity contribution in [2.24, 2.45) is 0 Å². The molecule has 0 saturated carbocycles. The number of methoxy groups -OCH3 is 1. The normalized spacial score (nSPS) is 17.0. The number of amides is 2. The van der Waals surface area contributed by atoms with E-state index >= 15 is 0 Å². The summed E-state index contributed by atoms with van der Waals surface area (Å²) >= 11 is 0. The molecule has 0 unspecified atom stereocenters. The van der Waals surface area contributed by atoms with Crippen LogP contribution in [-0.4, -0.2) is 37.7 Å². The van der Waals surface area contributed by atoms with Gasteiger partial charge in [0.05, 0.1) is 12.0 Å². The maximum absolute atomic E-state index is 13.1. The largest absolute Gasteiger partial charge is 0.497 e. The van der Waals surface area contributed by atoms with E-state index in [1.54, 1.807) is 24.3 Å². The first kappa shape index (κ1) is 18.8. The third kappa shape index (κ3) is 3.77. The van der Waals surface area contributed by atoms with Gasteiger partial charge >= 0.3 is 0 Å². The highest BCUT2D eigenvalue weighted by Crippen LogP contribution is 2.28. The molecule has 1 fully saturated rings. The Kier molecular flexibility index (Phi) is 5.13. The highest BCUT2D eigenvalue weighted by atomic mass is 32.2. The molecule has 0 aromatic heterocycles. The fourth-order valence-electron chi connectivity index (χ4n) is 2.85. The van der Waals surface area contributed by atoms with Gasteiger partial charge in [0.1, 0.15) is 17.6 Å².